The van der Waals surface area contributed by atoms with Gasteiger partial charge in [-0.2, -0.15) is 0 Å². The van der Waals surface area contributed by atoms with E-state index >= 15 is 0 Å². The number of amides is 1. The maximum atomic E-state index is 13.2. The molecule has 0 aliphatic carbocycles. The largest absolute Gasteiger partial charge is 0.508 e. The summed E-state index contributed by atoms with van der Waals surface area (Å²) in [5, 5.41) is 22.5. The molecule has 0 unspecified atom stereocenters. The Kier molecular flexibility index (Phi) is 8.62. The third kappa shape index (κ3) is 6.97. The van der Waals surface area contributed by atoms with Crippen LogP contribution >= 0.6 is 0 Å². The lowest BCUT2D eigenvalue weighted by molar-refractivity contribution is -0.142. The number of hydrogen-bond donors (Lipinski definition) is 3. The molecule has 9 heteroatoms. The first-order valence-electron chi connectivity index (χ1n) is 13.4. The number of ether oxygens (including phenoxy) is 2. The average Bonchev–Trinajstić information content (AvgIpc) is 3.04. The van der Waals surface area contributed by atoms with Crippen molar-refractivity contribution in [3.05, 3.63) is 126 Å². The fraction of sp³-hybridized carbons (Fsp3) is 0.118. The molecule has 0 aliphatic rings. The summed E-state index contributed by atoms with van der Waals surface area (Å²) in [5.41, 5.74) is 3.40. The second kappa shape index (κ2) is 12.9. The van der Waals surface area contributed by atoms with Crippen LogP contribution in [0.5, 0.6) is 11.5 Å². The molecule has 1 atom stereocenters. The van der Waals surface area contributed by atoms with Gasteiger partial charge in [0.15, 0.2) is 0 Å². The molecule has 0 saturated heterocycles. The molecule has 9 nitrogen and oxygen atoms in total. The highest BCUT2D eigenvalue weighted by Gasteiger charge is 2.25. The number of aromatic carboxylic acids is 1. The minimum atomic E-state index is -1.23. The second-order valence-electron chi connectivity index (χ2n) is 9.81. The smallest absolute Gasteiger partial charge is 0.336 e. The average molecular weight is 577 g/mol. The van der Waals surface area contributed by atoms with E-state index in [4.69, 9.17) is 9.47 Å². The number of phenols is 1. The number of phenolic OH excluding ortho intramolecular Hbond substituents is 1. The van der Waals surface area contributed by atoms with Crippen LogP contribution in [0.2, 0.25) is 0 Å². The van der Waals surface area contributed by atoms with Crippen molar-refractivity contribution in [2.24, 2.45) is 0 Å². The van der Waals surface area contributed by atoms with Crippen LogP contribution in [0, 0.1) is 0 Å². The highest BCUT2D eigenvalue weighted by molar-refractivity contribution is 6.07. The fourth-order valence-corrected chi connectivity index (χ4v) is 4.62. The van der Waals surface area contributed by atoms with Crippen molar-refractivity contribution in [1.82, 2.24) is 10.3 Å². The molecular formula is C34H28N2O7. The van der Waals surface area contributed by atoms with Crippen LogP contribution in [-0.2, 0) is 22.6 Å². The Labute approximate surface area is 247 Å². The van der Waals surface area contributed by atoms with Gasteiger partial charge in [0.25, 0.3) is 5.91 Å². The molecule has 1 heterocycles. The van der Waals surface area contributed by atoms with Crippen LogP contribution in [0.25, 0.3) is 22.0 Å². The van der Waals surface area contributed by atoms with E-state index in [1.54, 1.807) is 30.3 Å². The number of pyridine rings is 1. The van der Waals surface area contributed by atoms with Crippen molar-refractivity contribution in [3.8, 4) is 22.6 Å². The molecule has 3 N–H and O–H groups in total. The molecule has 0 aliphatic heterocycles. The molecule has 0 saturated carbocycles. The first kappa shape index (κ1) is 28.8. The standard InChI is InChI=1S/C34H28N2O7/c1-42-34(41)31(17-21-7-12-25(37)13-8-21)36-32(38)30-19-28(33(39)40)27-18-24(11-16-29(27)35-30)23-9-14-26(15-10-23)43-20-22-5-3-2-4-6-22/h2-16,18-19,31,37H,17,20H2,1H3,(H,36,38)(H,39,40)/t31-/m0/s1. The van der Waals surface area contributed by atoms with Gasteiger partial charge >= 0.3 is 11.9 Å². The second-order valence-corrected chi connectivity index (χ2v) is 9.81. The molecular weight excluding hydrogens is 548 g/mol. The molecule has 5 rings (SSSR count). The third-order valence-electron chi connectivity index (χ3n) is 6.87. The number of carbonyl (C=O) groups is 3. The summed E-state index contributed by atoms with van der Waals surface area (Å²) >= 11 is 0. The Balaban J connectivity index is 1.37. The number of carboxylic acid groups (broad SMARTS) is 1. The highest BCUT2D eigenvalue weighted by atomic mass is 16.5. The van der Waals surface area contributed by atoms with Gasteiger partial charge in [0, 0.05) is 11.8 Å². The molecule has 0 spiro atoms. The highest BCUT2D eigenvalue weighted by Crippen LogP contribution is 2.28. The zero-order chi connectivity index (χ0) is 30.3. The summed E-state index contributed by atoms with van der Waals surface area (Å²) in [7, 11) is 1.21. The summed E-state index contributed by atoms with van der Waals surface area (Å²) in [6, 6.07) is 28.8. The Hall–Kier alpha value is -5.70. The summed E-state index contributed by atoms with van der Waals surface area (Å²) in [4.78, 5) is 42.2. The number of aromatic nitrogens is 1. The first-order chi connectivity index (χ1) is 20.8. The van der Waals surface area contributed by atoms with Crippen molar-refractivity contribution >= 4 is 28.7 Å². The lowest BCUT2D eigenvalue weighted by Crippen LogP contribution is -2.43. The van der Waals surface area contributed by atoms with E-state index < -0.39 is 23.9 Å². The van der Waals surface area contributed by atoms with Gasteiger partial charge < -0.3 is 25.0 Å². The van der Waals surface area contributed by atoms with Gasteiger partial charge in [-0.15, -0.1) is 0 Å². The van der Waals surface area contributed by atoms with E-state index in [1.807, 2.05) is 54.6 Å². The number of nitrogens with zero attached hydrogens (tertiary/aromatic N) is 1. The van der Waals surface area contributed by atoms with Gasteiger partial charge in [-0.25, -0.2) is 14.6 Å². The number of carboxylic acids is 1. The number of benzene rings is 4. The minimum absolute atomic E-state index is 0.0667. The first-order valence-corrected chi connectivity index (χ1v) is 13.4. The molecule has 0 fully saturated rings. The Morgan fingerprint density at radius 2 is 1.53 bits per heavy atom. The van der Waals surface area contributed by atoms with Crippen molar-refractivity contribution < 1.29 is 34.1 Å². The number of aromatic hydroxyl groups is 1. The van der Waals surface area contributed by atoms with Gasteiger partial charge in [-0.05, 0) is 64.7 Å². The van der Waals surface area contributed by atoms with E-state index in [1.165, 1.54) is 25.3 Å². The van der Waals surface area contributed by atoms with Crippen molar-refractivity contribution in [2.45, 2.75) is 19.1 Å². The van der Waals surface area contributed by atoms with E-state index in [0.29, 0.717) is 28.8 Å². The van der Waals surface area contributed by atoms with E-state index in [-0.39, 0.29) is 23.4 Å². The predicted octanol–water partition coefficient (Wildman–Crippen LogP) is 5.40. The van der Waals surface area contributed by atoms with Gasteiger partial charge in [0.2, 0.25) is 0 Å². The third-order valence-corrected chi connectivity index (χ3v) is 6.87. The quantitative estimate of drug-likeness (QED) is 0.188. The van der Waals surface area contributed by atoms with Crippen LogP contribution in [0.1, 0.15) is 32.0 Å². The summed E-state index contributed by atoms with van der Waals surface area (Å²) < 4.78 is 10.7. The van der Waals surface area contributed by atoms with Gasteiger partial charge in [-0.3, -0.25) is 4.79 Å². The van der Waals surface area contributed by atoms with Crippen LogP contribution in [-0.4, -0.2) is 46.2 Å². The monoisotopic (exact) mass is 576 g/mol. The van der Waals surface area contributed by atoms with E-state index in [9.17, 15) is 24.6 Å². The lowest BCUT2D eigenvalue weighted by atomic mass is 10.00. The Bertz CT molecular complexity index is 1770. The molecule has 0 bridgehead atoms. The zero-order valence-electron chi connectivity index (χ0n) is 23.2. The number of fused-ring (bicyclic) bond motifs is 1. The SMILES string of the molecule is COC(=O)[C@H](Cc1ccc(O)cc1)NC(=O)c1cc(C(=O)O)c2cc(-c3ccc(OCc4ccccc4)cc3)ccc2n1. The van der Waals surface area contributed by atoms with Gasteiger partial charge in [0.05, 0.1) is 18.2 Å². The van der Waals surface area contributed by atoms with Crippen molar-refractivity contribution in [2.75, 3.05) is 7.11 Å². The van der Waals surface area contributed by atoms with E-state index in [0.717, 1.165) is 16.7 Å². The summed E-state index contributed by atoms with van der Waals surface area (Å²) in [5.74, 6) is -1.86. The summed E-state index contributed by atoms with van der Waals surface area (Å²) in [6.07, 6.45) is 0.0947. The topological polar surface area (TPSA) is 135 Å². The van der Waals surface area contributed by atoms with Crippen LogP contribution in [0.3, 0.4) is 0 Å². The van der Waals surface area contributed by atoms with E-state index in [2.05, 4.69) is 10.3 Å². The van der Waals surface area contributed by atoms with Crippen molar-refractivity contribution in [1.29, 1.82) is 0 Å². The number of nitrogens with one attached hydrogen (secondary N) is 1. The Morgan fingerprint density at radius 3 is 2.21 bits per heavy atom. The summed E-state index contributed by atoms with van der Waals surface area (Å²) in [6.45, 7) is 0.441. The zero-order valence-corrected chi connectivity index (χ0v) is 23.2. The molecule has 0 radical (unpaired) electrons. The maximum absolute atomic E-state index is 13.2. The van der Waals surface area contributed by atoms with Crippen LogP contribution < -0.4 is 10.1 Å². The minimum Gasteiger partial charge on any atom is -0.508 e. The number of hydrogen-bond acceptors (Lipinski definition) is 7. The molecule has 1 amide bonds. The number of rotatable bonds is 10. The van der Waals surface area contributed by atoms with Gasteiger partial charge in [0.1, 0.15) is 29.8 Å². The number of esters is 1. The van der Waals surface area contributed by atoms with Crippen molar-refractivity contribution in [3.63, 3.8) is 0 Å². The Morgan fingerprint density at radius 1 is 0.837 bits per heavy atom. The maximum Gasteiger partial charge on any atom is 0.336 e. The van der Waals surface area contributed by atoms with Crippen LogP contribution in [0.15, 0.2) is 103 Å². The lowest BCUT2D eigenvalue weighted by Gasteiger charge is -2.17. The molecule has 1 aromatic heterocycles. The number of carbonyl (C=O) groups excluding carboxylic acids is 2. The van der Waals surface area contributed by atoms with Gasteiger partial charge in [-0.1, -0.05) is 60.7 Å². The molecule has 43 heavy (non-hydrogen) atoms. The fourth-order valence-electron chi connectivity index (χ4n) is 4.62. The predicted molar refractivity (Wildman–Crippen MR) is 160 cm³/mol. The molecule has 4 aromatic carbocycles. The van der Waals surface area contributed by atoms with Crippen LogP contribution in [0.4, 0.5) is 0 Å². The number of methoxy groups -OCH3 is 1. The molecule has 216 valence electrons. The molecule has 5 aromatic rings. The normalized spacial score (nSPS) is 11.5.